The maximum Gasteiger partial charge on any atom is 0.331 e. The molecule has 0 bridgehead atoms. The van der Waals surface area contributed by atoms with Crippen LogP contribution in [0.25, 0.3) is 0 Å². The number of carbonyl (C=O) groups excluding carboxylic acids is 2. The minimum atomic E-state index is -1.32. The molecule has 0 radical (unpaired) electrons. The molecule has 1 aliphatic rings. The van der Waals surface area contributed by atoms with Crippen molar-refractivity contribution >= 4 is 17.8 Å². The standard InChI is InChI=1S/C14H14FNO5/c1-21-14(20)9-6-11(17)16(7-9)12(13(18)19)8-3-2-4-10(15)5-8/h2-5,9,12H,6-7H2,1H3,(H,18,19). The number of likely N-dealkylation sites (tertiary alicyclic amines) is 1. The number of halogens is 1. The smallest absolute Gasteiger partial charge is 0.331 e. The molecule has 2 unspecified atom stereocenters. The van der Waals surface area contributed by atoms with Crippen LogP contribution in [0.4, 0.5) is 4.39 Å². The zero-order chi connectivity index (χ0) is 15.6. The summed E-state index contributed by atoms with van der Waals surface area (Å²) < 4.78 is 17.8. The van der Waals surface area contributed by atoms with Crippen molar-refractivity contribution in [2.45, 2.75) is 12.5 Å². The molecule has 1 aromatic rings. The lowest BCUT2D eigenvalue weighted by atomic mass is 10.1. The predicted octanol–water partition coefficient (Wildman–Crippen LogP) is 0.973. The number of nitrogens with zero attached hydrogens (tertiary/aromatic N) is 1. The molecule has 2 rings (SSSR count). The second-order valence-electron chi connectivity index (χ2n) is 4.77. The normalized spacial score (nSPS) is 19.4. The van der Waals surface area contributed by atoms with Crippen LogP contribution in [0.3, 0.4) is 0 Å². The number of benzene rings is 1. The lowest BCUT2D eigenvalue weighted by Gasteiger charge is -2.24. The molecule has 0 spiro atoms. The molecule has 1 amide bonds. The molecule has 1 fully saturated rings. The van der Waals surface area contributed by atoms with Gasteiger partial charge in [-0.15, -0.1) is 0 Å². The number of esters is 1. The van der Waals surface area contributed by atoms with E-state index in [9.17, 15) is 23.9 Å². The van der Waals surface area contributed by atoms with Crippen molar-refractivity contribution < 1.29 is 28.6 Å². The highest BCUT2D eigenvalue weighted by Crippen LogP contribution is 2.30. The molecule has 1 saturated heterocycles. The van der Waals surface area contributed by atoms with E-state index in [2.05, 4.69) is 4.74 Å². The summed E-state index contributed by atoms with van der Waals surface area (Å²) in [7, 11) is 1.21. The van der Waals surface area contributed by atoms with Crippen LogP contribution in [0, 0.1) is 11.7 Å². The summed E-state index contributed by atoms with van der Waals surface area (Å²) in [6, 6.07) is 3.74. The summed E-state index contributed by atoms with van der Waals surface area (Å²) in [4.78, 5) is 36.0. The number of hydrogen-bond donors (Lipinski definition) is 1. The quantitative estimate of drug-likeness (QED) is 0.837. The molecule has 7 heteroatoms. The second kappa shape index (κ2) is 5.90. The van der Waals surface area contributed by atoms with Crippen LogP contribution >= 0.6 is 0 Å². The Morgan fingerprint density at radius 1 is 1.48 bits per heavy atom. The Labute approximate surface area is 120 Å². The maximum absolute atomic E-state index is 13.3. The first-order valence-corrected chi connectivity index (χ1v) is 6.29. The minimum absolute atomic E-state index is 0.0566. The number of carboxylic acid groups (broad SMARTS) is 1. The molecule has 21 heavy (non-hydrogen) atoms. The van der Waals surface area contributed by atoms with Gasteiger partial charge in [0.05, 0.1) is 13.0 Å². The highest BCUT2D eigenvalue weighted by molar-refractivity contribution is 5.90. The van der Waals surface area contributed by atoms with Crippen LogP contribution in [-0.4, -0.2) is 41.5 Å². The van der Waals surface area contributed by atoms with Gasteiger partial charge in [0.1, 0.15) is 5.82 Å². The number of aliphatic carboxylic acids is 1. The Balaban J connectivity index is 2.29. The molecule has 6 nitrogen and oxygen atoms in total. The molecule has 0 saturated carbocycles. The predicted molar refractivity (Wildman–Crippen MR) is 68.6 cm³/mol. The van der Waals surface area contributed by atoms with Gasteiger partial charge in [0.15, 0.2) is 6.04 Å². The zero-order valence-electron chi connectivity index (χ0n) is 11.3. The fraction of sp³-hybridized carbons (Fsp3) is 0.357. The summed E-state index contributed by atoms with van der Waals surface area (Å²) in [5.74, 6) is -3.59. The van der Waals surface area contributed by atoms with Gasteiger partial charge in [-0.3, -0.25) is 9.59 Å². The number of carboxylic acids is 1. The van der Waals surface area contributed by atoms with Crippen molar-refractivity contribution in [3.8, 4) is 0 Å². The Kier molecular flexibility index (Phi) is 4.21. The van der Waals surface area contributed by atoms with Crippen molar-refractivity contribution in [1.29, 1.82) is 0 Å². The van der Waals surface area contributed by atoms with Crippen LogP contribution in [0.5, 0.6) is 0 Å². The summed E-state index contributed by atoms with van der Waals surface area (Å²) in [5, 5.41) is 9.35. The third-order valence-electron chi connectivity index (χ3n) is 3.40. The van der Waals surface area contributed by atoms with Gasteiger partial charge in [0.2, 0.25) is 5.91 Å². The molecular formula is C14H14FNO5. The molecule has 1 N–H and O–H groups in total. The lowest BCUT2D eigenvalue weighted by Crippen LogP contribution is -2.36. The van der Waals surface area contributed by atoms with Gasteiger partial charge in [-0.2, -0.15) is 0 Å². The summed E-state index contributed by atoms with van der Waals surface area (Å²) in [6.45, 7) is -0.0566. The fourth-order valence-electron chi connectivity index (χ4n) is 2.44. The Bertz CT molecular complexity index is 588. The second-order valence-corrected chi connectivity index (χ2v) is 4.77. The minimum Gasteiger partial charge on any atom is -0.479 e. The van der Waals surface area contributed by atoms with Crippen LogP contribution < -0.4 is 0 Å². The van der Waals surface area contributed by atoms with Gasteiger partial charge in [-0.05, 0) is 17.7 Å². The number of carbonyl (C=O) groups is 3. The Morgan fingerprint density at radius 2 is 2.19 bits per heavy atom. The third kappa shape index (κ3) is 3.01. The van der Waals surface area contributed by atoms with Crippen molar-refractivity contribution in [3.05, 3.63) is 35.6 Å². The van der Waals surface area contributed by atoms with Gasteiger partial charge in [0.25, 0.3) is 0 Å². The van der Waals surface area contributed by atoms with Crippen LogP contribution in [0.15, 0.2) is 24.3 Å². The van der Waals surface area contributed by atoms with E-state index >= 15 is 0 Å². The first-order chi connectivity index (χ1) is 9.93. The lowest BCUT2D eigenvalue weighted by molar-refractivity contribution is -0.149. The molecule has 0 aromatic heterocycles. The topological polar surface area (TPSA) is 83.9 Å². The van der Waals surface area contributed by atoms with E-state index in [4.69, 9.17) is 0 Å². The molecule has 1 aromatic carbocycles. The SMILES string of the molecule is COC(=O)C1CC(=O)N(C(C(=O)O)c2cccc(F)c2)C1. The van der Waals surface area contributed by atoms with Gasteiger partial charge in [0, 0.05) is 13.0 Å². The number of ether oxygens (including phenoxy) is 1. The van der Waals surface area contributed by atoms with Gasteiger partial charge >= 0.3 is 11.9 Å². The van der Waals surface area contributed by atoms with E-state index in [-0.39, 0.29) is 18.5 Å². The highest BCUT2D eigenvalue weighted by atomic mass is 19.1. The first kappa shape index (κ1) is 15.0. The van der Waals surface area contributed by atoms with E-state index < -0.39 is 35.6 Å². The Hall–Kier alpha value is -2.44. The number of hydrogen-bond acceptors (Lipinski definition) is 4. The van der Waals surface area contributed by atoms with E-state index in [0.29, 0.717) is 0 Å². The largest absolute Gasteiger partial charge is 0.479 e. The van der Waals surface area contributed by atoms with Gasteiger partial charge in [-0.1, -0.05) is 12.1 Å². The fourth-order valence-corrected chi connectivity index (χ4v) is 2.44. The molecule has 1 heterocycles. The number of rotatable bonds is 4. The zero-order valence-corrected chi connectivity index (χ0v) is 11.3. The van der Waals surface area contributed by atoms with Crippen LogP contribution in [-0.2, 0) is 19.1 Å². The highest BCUT2D eigenvalue weighted by Gasteiger charge is 2.41. The monoisotopic (exact) mass is 295 g/mol. The first-order valence-electron chi connectivity index (χ1n) is 6.29. The summed E-state index contributed by atoms with van der Waals surface area (Å²) in [5.41, 5.74) is 0.154. The van der Waals surface area contributed by atoms with Crippen molar-refractivity contribution in [2.75, 3.05) is 13.7 Å². The molecule has 1 aliphatic heterocycles. The third-order valence-corrected chi connectivity index (χ3v) is 3.40. The van der Waals surface area contributed by atoms with Crippen molar-refractivity contribution in [2.24, 2.45) is 5.92 Å². The summed E-state index contributed by atoms with van der Waals surface area (Å²) >= 11 is 0. The molecule has 112 valence electrons. The maximum atomic E-state index is 13.3. The van der Waals surface area contributed by atoms with Gasteiger partial charge in [-0.25, -0.2) is 9.18 Å². The summed E-state index contributed by atoms with van der Waals surface area (Å²) in [6.07, 6.45) is -0.105. The molecule has 0 aliphatic carbocycles. The Morgan fingerprint density at radius 3 is 2.76 bits per heavy atom. The van der Waals surface area contributed by atoms with E-state index in [1.54, 1.807) is 0 Å². The van der Waals surface area contributed by atoms with Gasteiger partial charge < -0.3 is 14.7 Å². The average molecular weight is 295 g/mol. The van der Waals surface area contributed by atoms with Crippen LogP contribution in [0.2, 0.25) is 0 Å². The van der Waals surface area contributed by atoms with E-state index in [0.717, 1.165) is 11.0 Å². The van der Waals surface area contributed by atoms with E-state index in [1.807, 2.05) is 0 Å². The average Bonchev–Trinajstić information content (AvgIpc) is 2.80. The number of amides is 1. The van der Waals surface area contributed by atoms with Crippen LogP contribution in [0.1, 0.15) is 18.0 Å². The van der Waals surface area contributed by atoms with E-state index in [1.165, 1.54) is 25.3 Å². The number of methoxy groups -OCH3 is 1. The van der Waals surface area contributed by atoms with Crippen molar-refractivity contribution in [3.63, 3.8) is 0 Å². The molecular weight excluding hydrogens is 281 g/mol. The van der Waals surface area contributed by atoms with Crippen molar-refractivity contribution in [1.82, 2.24) is 4.90 Å². The molecule has 2 atom stereocenters.